The maximum Gasteiger partial charge on any atom is 0.270 e. The van der Waals surface area contributed by atoms with Crippen LogP contribution in [0.3, 0.4) is 0 Å². The molecule has 0 atom stereocenters. The molecular weight excluding hydrogens is 382 g/mol. The van der Waals surface area contributed by atoms with Crippen molar-refractivity contribution in [1.82, 2.24) is 24.6 Å². The molecule has 1 aliphatic carbocycles. The van der Waals surface area contributed by atoms with Crippen LogP contribution in [0.5, 0.6) is 0 Å². The number of aromatic amines is 1. The molecule has 156 valence electrons. The number of H-pyrrole nitrogens is 1. The number of carbonyl (C=O) groups excluding carboxylic acids is 2. The average molecular weight is 407 g/mol. The van der Waals surface area contributed by atoms with Crippen molar-refractivity contribution in [3.63, 3.8) is 0 Å². The molecule has 8 nitrogen and oxygen atoms in total. The number of aromatic nitrogens is 3. The molecule has 2 amide bonds. The second-order valence-corrected chi connectivity index (χ2v) is 8.25. The van der Waals surface area contributed by atoms with E-state index in [9.17, 15) is 9.59 Å². The standard InChI is InChI=1S/C22H25N5O3/c1-25(22(7-8-22)14-30-2)20(28)16-12-23-27-10-9-26(13-19(16)27)21(29)18-11-15-5-3-4-6-17(15)24-18/h3-6,11-12,24H,7-10,13-14H2,1-2H3. The number of likely N-dealkylation sites (N-methyl/N-ethyl adjacent to an activating group) is 1. The normalized spacial score (nSPS) is 17.1. The SMILES string of the molecule is COCC1(N(C)C(=O)c2cnn3c2CN(C(=O)c2cc4ccccc4[nH]2)CC3)CC1. The summed E-state index contributed by atoms with van der Waals surface area (Å²) in [7, 11) is 3.49. The van der Waals surface area contributed by atoms with Crippen molar-refractivity contribution in [2.45, 2.75) is 31.5 Å². The zero-order valence-electron chi connectivity index (χ0n) is 17.2. The number of ether oxygens (including phenoxy) is 1. The van der Waals surface area contributed by atoms with Crippen molar-refractivity contribution < 1.29 is 14.3 Å². The largest absolute Gasteiger partial charge is 0.382 e. The number of rotatable bonds is 5. The third kappa shape index (κ3) is 2.99. The molecule has 8 heteroatoms. The Labute approximate surface area is 174 Å². The van der Waals surface area contributed by atoms with Crippen molar-refractivity contribution in [3.8, 4) is 0 Å². The van der Waals surface area contributed by atoms with Crippen LogP contribution in [0.4, 0.5) is 0 Å². The van der Waals surface area contributed by atoms with Crippen molar-refractivity contribution in [1.29, 1.82) is 0 Å². The number of para-hydroxylation sites is 1. The Bertz CT molecular complexity index is 1090. The van der Waals surface area contributed by atoms with Crippen LogP contribution in [0.15, 0.2) is 36.5 Å². The van der Waals surface area contributed by atoms with Gasteiger partial charge < -0.3 is 19.5 Å². The molecular formula is C22H25N5O3. The summed E-state index contributed by atoms with van der Waals surface area (Å²) in [5.74, 6) is -0.130. The molecule has 0 bridgehead atoms. The minimum Gasteiger partial charge on any atom is -0.382 e. The number of fused-ring (bicyclic) bond motifs is 2. The van der Waals surface area contributed by atoms with Gasteiger partial charge >= 0.3 is 0 Å². The maximum atomic E-state index is 13.2. The Kier molecular flexibility index (Phi) is 4.39. The van der Waals surface area contributed by atoms with Crippen LogP contribution >= 0.6 is 0 Å². The molecule has 1 aliphatic heterocycles. The second-order valence-electron chi connectivity index (χ2n) is 8.25. The molecule has 3 aromatic rings. The Hall–Kier alpha value is -3.13. The fraction of sp³-hybridized carbons (Fsp3) is 0.409. The lowest BCUT2D eigenvalue weighted by Crippen LogP contribution is -2.43. The molecule has 1 saturated carbocycles. The van der Waals surface area contributed by atoms with Gasteiger partial charge in [-0.15, -0.1) is 0 Å². The molecule has 2 aliphatic rings. The van der Waals surface area contributed by atoms with E-state index >= 15 is 0 Å². The zero-order chi connectivity index (χ0) is 20.9. The van der Waals surface area contributed by atoms with E-state index in [0.29, 0.717) is 37.5 Å². The highest BCUT2D eigenvalue weighted by molar-refractivity contribution is 5.99. The van der Waals surface area contributed by atoms with E-state index in [1.165, 1.54) is 0 Å². The summed E-state index contributed by atoms with van der Waals surface area (Å²) in [5.41, 5.74) is 2.64. The number of hydrogen-bond acceptors (Lipinski definition) is 4. The van der Waals surface area contributed by atoms with Gasteiger partial charge in [-0.2, -0.15) is 5.10 Å². The Balaban J connectivity index is 1.38. The fourth-order valence-electron chi connectivity index (χ4n) is 4.34. The topological polar surface area (TPSA) is 83.5 Å². The maximum absolute atomic E-state index is 13.2. The summed E-state index contributed by atoms with van der Waals surface area (Å²) in [6.07, 6.45) is 3.52. The molecule has 2 aromatic heterocycles. The molecule has 1 fully saturated rings. The van der Waals surface area contributed by atoms with Crippen molar-refractivity contribution in [2.24, 2.45) is 0 Å². The number of nitrogens with one attached hydrogen (secondary N) is 1. The van der Waals surface area contributed by atoms with Crippen LogP contribution in [0.1, 0.15) is 39.4 Å². The van der Waals surface area contributed by atoms with Gasteiger partial charge in [-0.1, -0.05) is 18.2 Å². The summed E-state index contributed by atoms with van der Waals surface area (Å²) < 4.78 is 7.16. The number of nitrogens with zero attached hydrogens (tertiary/aromatic N) is 4. The van der Waals surface area contributed by atoms with E-state index in [1.54, 1.807) is 23.1 Å². The van der Waals surface area contributed by atoms with Crippen LogP contribution in [0, 0.1) is 0 Å². The highest BCUT2D eigenvalue weighted by Gasteiger charge is 2.49. The highest BCUT2D eigenvalue weighted by Crippen LogP contribution is 2.42. The number of hydrogen-bond donors (Lipinski definition) is 1. The van der Waals surface area contributed by atoms with Gasteiger partial charge in [0.2, 0.25) is 0 Å². The highest BCUT2D eigenvalue weighted by atomic mass is 16.5. The van der Waals surface area contributed by atoms with Crippen LogP contribution in [-0.4, -0.2) is 69.2 Å². The Morgan fingerprint density at radius 3 is 2.80 bits per heavy atom. The lowest BCUT2D eigenvalue weighted by atomic mass is 10.1. The van der Waals surface area contributed by atoms with Gasteiger partial charge in [-0.3, -0.25) is 14.3 Å². The first-order valence-corrected chi connectivity index (χ1v) is 10.2. The van der Waals surface area contributed by atoms with Crippen LogP contribution < -0.4 is 0 Å². The second kappa shape index (κ2) is 6.98. The summed E-state index contributed by atoms with van der Waals surface area (Å²) in [5, 5.41) is 5.41. The number of amides is 2. The predicted octanol–water partition coefficient (Wildman–Crippen LogP) is 2.27. The van der Waals surface area contributed by atoms with Gasteiger partial charge in [-0.05, 0) is 25.0 Å². The molecule has 0 spiro atoms. The monoisotopic (exact) mass is 407 g/mol. The summed E-state index contributed by atoms with van der Waals surface area (Å²) in [6, 6.07) is 9.71. The lowest BCUT2D eigenvalue weighted by Gasteiger charge is -2.30. The smallest absolute Gasteiger partial charge is 0.270 e. The molecule has 1 N–H and O–H groups in total. The quantitative estimate of drug-likeness (QED) is 0.703. The first-order chi connectivity index (χ1) is 14.5. The summed E-state index contributed by atoms with van der Waals surface area (Å²) in [6.45, 7) is 2.02. The van der Waals surface area contributed by atoms with Crippen molar-refractivity contribution in [2.75, 3.05) is 27.3 Å². The Morgan fingerprint density at radius 2 is 2.07 bits per heavy atom. The van der Waals surface area contributed by atoms with E-state index in [4.69, 9.17) is 4.74 Å². The van der Waals surface area contributed by atoms with E-state index in [0.717, 1.165) is 29.4 Å². The van der Waals surface area contributed by atoms with E-state index < -0.39 is 0 Å². The van der Waals surface area contributed by atoms with Gasteiger partial charge in [-0.25, -0.2) is 0 Å². The first-order valence-electron chi connectivity index (χ1n) is 10.2. The molecule has 0 saturated heterocycles. The number of carbonyl (C=O) groups is 2. The average Bonchev–Trinajstić information content (AvgIpc) is 3.23. The summed E-state index contributed by atoms with van der Waals surface area (Å²) >= 11 is 0. The molecule has 0 unspecified atom stereocenters. The molecule has 1 aromatic carbocycles. The summed E-state index contributed by atoms with van der Waals surface area (Å²) in [4.78, 5) is 33.1. The molecule has 0 radical (unpaired) electrons. The fourth-order valence-corrected chi connectivity index (χ4v) is 4.34. The van der Waals surface area contributed by atoms with Gasteiger partial charge in [0, 0.05) is 31.6 Å². The van der Waals surface area contributed by atoms with Crippen LogP contribution in [0.2, 0.25) is 0 Å². The third-order valence-electron chi connectivity index (χ3n) is 6.41. The van der Waals surface area contributed by atoms with Gasteiger partial charge in [0.15, 0.2) is 0 Å². The zero-order valence-corrected chi connectivity index (χ0v) is 17.2. The third-order valence-corrected chi connectivity index (χ3v) is 6.41. The van der Waals surface area contributed by atoms with Gasteiger partial charge in [0.05, 0.1) is 42.7 Å². The van der Waals surface area contributed by atoms with Gasteiger partial charge in [0.1, 0.15) is 5.69 Å². The molecule has 3 heterocycles. The number of methoxy groups -OCH3 is 1. The number of benzene rings is 1. The van der Waals surface area contributed by atoms with E-state index in [-0.39, 0.29) is 17.4 Å². The van der Waals surface area contributed by atoms with Gasteiger partial charge in [0.25, 0.3) is 11.8 Å². The van der Waals surface area contributed by atoms with E-state index in [1.807, 2.05) is 42.1 Å². The van der Waals surface area contributed by atoms with Crippen molar-refractivity contribution >= 4 is 22.7 Å². The minimum atomic E-state index is -0.213. The van der Waals surface area contributed by atoms with Crippen molar-refractivity contribution in [3.05, 3.63) is 53.5 Å². The predicted molar refractivity (Wildman–Crippen MR) is 111 cm³/mol. The molecule has 30 heavy (non-hydrogen) atoms. The van der Waals surface area contributed by atoms with Crippen LogP contribution in [-0.2, 0) is 17.8 Å². The minimum absolute atomic E-state index is 0.0642. The lowest BCUT2D eigenvalue weighted by molar-refractivity contribution is 0.0544. The van der Waals surface area contributed by atoms with E-state index in [2.05, 4.69) is 10.1 Å². The molecule has 5 rings (SSSR count). The Morgan fingerprint density at radius 1 is 1.27 bits per heavy atom. The first kappa shape index (κ1) is 18.9. The van der Waals surface area contributed by atoms with Crippen LogP contribution in [0.25, 0.3) is 10.9 Å².